The van der Waals surface area contributed by atoms with Crippen LogP contribution in [0.3, 0.4) is 0 Å². The highest BCUT2D eigenvalue weighted by Crippen LogP contribution is 2.27. The van der Waals surface area contributed by atoms with Crippen LogP contribution in [0.5, 0.6) is 0 Å². The van der Waals surface area contributed by atoms with E-state index >= 15 is 0 Å². The molecule has 0 aliphatic heterocycles. The molecule has 3 aromatic rings. The molecule has 6 heteroatoms. The molecule has 0 saturated carbocycles. The van der Waals surface area contributed by atoms with Gasteiger partial charge in [-0.2, -0.15) is 0 Å². The van der Waals surface area contributed by atoms with Gasteiger partial charge in [-0.1, -0.05) is 50.2 Å². The van der Waals surface area contributed by atoms with E-state index in [0.29, 0.717) is 30.0 Å². The smallest absolute Gasteiger partial charge is 0.408 e. The molecule has 2 aromatic carbocycles. The maximum atomic E-state index is 12.8. The standard InChI is InChI=1S/C25H33N3O3/c1-17(2)12-20(19-8-6-5-7-9-19)15-24(29)26-16-21(28(3)4)13-18-10-11-22-23(14-18)31-25(30)27-22/h5-11,14,17,20-21H,12-13,15-16H2,1-4H3,(H,26,29)(H,27,30)/t20?,21-/m0/s1. The van der Waals surface area contributed by atoms with Gasteiger partial charge in [-0.05, 0) is 62.0 Å². The summed E-state index contributed by atoms with van der Waals surface area (Å²) >= 11 is 0. The van der Waals surface area contributed by atoms with Crippen molar-refractivity contribution >= 4 is 17.0 Å². The molecular weight excluding hydrogens is 390 g/mol. The minimum Gasteiger partial charge on any atom is -0.408 e. The SMILES string of the molecule is CC(C)CC(CC(=O)NC[C@H](Cc1ccc2[nH]c(=O)oc2c1)N(C)C)c1ccccc1. The van der Waals surface area contributed by atoms with Gasteiger partial charge in [-0.15, -0.1) is 0 Å². The molecule has 0 aliphatic rings. The molecule has 6 nitrogen and oxygen atoms in total. The second kappa shape index (κ2) is 10.4. The Morgan fingerprint density at radius 3 is 2.55 bits per heavy atom. The van der Waals surface area contributed by atoms with Gasteiger partial charge in [0.15, 0.2) is 5.58 Å². The molecule has 1 amide bonds. The van der Waals surface area contributed by atoms with Crippen LogP contribution in [-0.2, 0) is 11.2 Å². The molecule has 1 aromatic heterocycles. The Bertz CT molecular complexity index is 1040. The van der Waals surface area contributed by atoms with Crippen LogP contribution in [-0.4, -0.2) is 42.5 Å². The van der Waals surface area contributed by atoms with Crippen molar-refractivity contribution in [2.45, 2.75) is 45.1 Å². The molecule has 166 valence electrons. The molecule has 2 N–H and O–H groups in total. The lowest BCUT2D eigenvalue weighted by molar-refractivity contribution is -0.121. The number of amides is 1. The highest BCUT2D eigenvalue weighted by molar-refractivity contribution is 5.77. The van der Waals surface area contributed by atoms with Gasteiger partial charge < -0.3 is 14.6 Å². The van der Waals surface area contributed by atoms with E-state index in [2.05, 4.69) is 41.2 Å². The third-order valence-corrected chi connectivity index (χ3v) is 5.68. The third-order valence-electron chi connectivity index (χ3n) is 5.68. The number of hydrogen-bond donors (Lipinski definition) is 2. The van der Waals surface area contributed by atoms with Crippen LogP contribution in [0, 0.1) is 5.92 Å². The summed E-state index contributed by atoms with van der Waals surface area (Å²) in [5, 5.41) is 3.14. The Morgan fingerprint density at radius 2 is 1.87 bits per heavy atom. The fourth-order valence-corrected chi connectivity index (χ4v) is 3.99. The Balaban J connectivity index is 1.61. The Kier molecular flexibility index (Phi) is 7.69. The number of rotatable bonds is 10. The van der Waals surface area contributed by atoms with E-state index in [9.17, 15) is 9.59 Å². The first kappa shape index (κ1) is 22.8. The number of hydrogen-bond acceptors (Lipinski definition) is 4. The van der Waals surface area contributed by atoms with Crippen molar-refractivity contribution in [1.29, 1.82) is 0 Å². The quantitative estimate of drug-likeness (QED) is 0.518. The number of nitrogens with one attached hydrogen (secondary N) is 2. The normalized spacial score (nSPS) is 13.6. The number of likely N-dealkylation sites (N-methyl/N-ethyl adjacent to an activating group) is 1. The summed E-state index contributed by atoms with van der Waals surface area (Å²) in [7, 11) is 4.02. The lowest BCUT2D eigenvalue weighted by Gasteiger charge is -2.25. The summed E-state index contributed by atoms with van der Waals surface area (Å²) in [6.07, 6.45) is 2.21. The number of aromatic nitrogens is 1. The first-order chi connectivity index (χ1) is 14.8. The summed E-state index contributed by atoms with van der Waals surface area (Å²) < 4.78 is 5.17. The Morgan fingerprint density at radius 1 is 1.13 bits per heavy atom. The van der Waals surface area contributed by atoms with Gasteiger partial charge in [0.05, 0.1) is 5.52 Å². The monoisotopic (exact) mass is 423 g/mol. The van der Waals surface area contributed by atoms with Crippen molar-refractivity contribution in [3.63, 3.8) is 0 Å². The summed E-state index contributed by atoms with van der Waals surface area (Å²) in [4.78, 5) is 28.9. The van der Waals surface area contributed by atoms with Crippen LogP contribution in [0.25, 0.3) is 11.1 Å². The number of oxazole rings is 1. The van der Waals surface area contributed by atoms with E-state index < -0.39 is 5.76 Å². The highest BCUT2D eigenvalue weighted by Gasteiger charge is 2.19. The van der Waals surface area contributed by atoms with Gasteiger partial charge in [0.1, 0.15) is 0 Å². The van der Waals surface area contributed by atoms with E-state index in [0.717, 1.165) is 18.4 Å². The van der Waals surface area contributed by atoms with Crippen molar-refractivity contribution in [2.24, 2.45) is 5.92 Å². The zero-order chi connectivity index (χ0) is 22.4. The van der Waals surface area contributed by atoms with Gasteiger partial charge >= 0.3 is 5.76 Å². The molecule has 0 fully saturated rings. The average Bonchev–Trinajstić information content (AvgIpc) is 3.10. The minimum absolute atomic E-state index is 0.0773. The van der Waals surface area contributed by atoms with Gasteiger partial charge in [0.2, 0.25) is 5.91 Å². The van der Waals surface area contributed by atoms with E-state index in [1.807, 2.05) is 50.5 Å². The fourth-order valence-electron chi connectivity index (χ4n) is 3.99. The van der Waals surface area contributed by atoms with E-state index in [-0.39, 0.29) is 17.9 Å². The lowest BCUT2D eigenvalue weighted by Crippen LogP contribution is -2.41. The molecule has 2 atom stereocenters. The maximum absolute atomic E-state index is 12.8. The van der Waals surface area contributed by atoms with E-state index in [1.54, 1.807) is 0 Å². The van der Waals surface area contributed by atoms with E-state index in [4.69, 9.17) is 4.42 Å². The largest absolute Gasteiger partial charge is 0.417 e. The van der Waals surface area contributed by atoms with Crippen molar-refractivity contribution in [3.05, 3.63) is 70.2 Å². The number of benzene rings is 2. The summed E-state index contributed by atoms with van der Waals surface area (Å²) in [6, 6.07) is 16.2. The van der Waals surface area contributed by atoms with E-state index in [1.165, 1.54) is 5.56 Å². The van der Waals surface area contributed by atoms with Crippen LogP contribution >= 0.6 is 0 Å². The molecule has 0 aliphatic carbocycles. The third kappa shape index (κ3) is 6.56. The zero-order valence-electron chi connectivity index (χ0n) is 18.9. The summed E-state index contributed by atoms with van der Waals surface area (Å²) in [5.41, 5.74) is 3.53. The molecule has 3 rings (SSSR count). The van der Waals surface area contributed by atoms with Crippen LogP contribution in [0.15, 0.2) is 57.7 Å². The number of fused-ring (bicyclic) bond motifs is 1. The number of carbonyl (C=O) groups excluding carboxylic acids is 1. The molecule has 1 heterocycles. The summed E-state index contributed by atoms with van der Waals surface area (Å²) in [5.74, 6) is 0.375. The van der Waals surface area contributed by atoms with Crippen molar-refractivity contribution in [1.82, 2.24) is 15.2 Å². The van der Waals surface area contributed by atoms with Crippen molar-refractivity contribution in [2.75, 3.05) is 20.6 Å². The summed E-state index contributed by atoms with van der Waals surface area (Å²) in [6.45, 7) is 4.95. The minimum atomic E-state index is -0.446. The van der Waals surface area contributed by atoms with Crippen LogP contribution < -0.4 is 11.1 Å². The molecule has 1 unspecified atom stereocenters. The first-order valence-corrected chi connectivity index (χ1v) is 10.9. The molecule has 0 saturated heterocycles. The highest BCUT2D eigenvalue weighted by atomic mass is 16.4. The Labute approximate surface area is 183 Å². The number of aromatic amines is 1. The molecule has 0 spiro atoms. The van der Waals surface area contributed by atoms with Crippen LogP contribution in [0.1, 0.15) is 43.7 Å². The van der Waals surface area contributed by atoms with Crippen molar-refractivity contribution in [3.8, 4) is 0 Å². The number of H-pyrrole nitrogens is 1. The van der Waals surface area contributed by atoms with Gasteiger partial charge in [-0.3, -0.25) is 9.78 Å². The maximum Gasteiger partial charge on any atom is 0.417 e. The average molecular weight is 424 g/mol. The number of nitrogens with zero attached hydrogens (tertiary/aromatic N) is 1. The fraction of sp³-hybridized carbons (Fsp3) is 0.440. The van der Waals surface area contributed by atoms with Crippen molar-refractivity contribution < 1.29 is 9.21 Å². The molecule has 0 radical (unpaired) electrons. The second-order valence-electron chi connectivity index (χ2n) is 8.91. The van der Waals surface area contributed by atoms with Gasteiger partial charge in [0, 0.05) is 19.0 Å². The molecular formula is C25H33N3O3. The lowest BCUT2D eigenvalue weighted by atomic mass is 9.87. The molecule has 31 heavy (non-hydrogen) atoms. The first-order valence-electron chi connectivity index (χ1n) is 10.9. The second-order valence-corrected chi connectivity index (χ2v) is 8.91. The van der Waals surface area contributed by atoms with Crippen LogP contribution in [0.2, 0.25) is 0 Å². The van der Waals surface area contributed by atoms with Gasteiger partial charge in [0.25, 0.3) is 0 Å². The van der Waals surface area contributed by atoms with Crippen LogP contribution in [0.4, 0.5) is 0 Å². The zero-order valence-corrected chi connectivity index (χ0v) is 18.9. The predicted molar refractivity (Wildman–Crippen MR) is 124 cm³/mol. The topological polar surface area (TPSA) is 78.3 Å². The van der Waals surface area contributed by atoms with Gasteiger partial charge in [-0.25, -0.2) is 4.79 Å². The Hall–Kier alpha value is -2.86. The predicted octanol–water partition coefficient (Wildman–Crippen LogP) is 3.93. The number of carbonyl (C=O) groups is 1. The molecule has 0 bridgehead atoms.